The molecule has 19 heavy (non-hydrogen) atoms. The molecule has 0 aliphatic rings. The van der Waals surface area contributed by atoms with Crippen LogP contribution in [-0.4, -0.2) is 6.04 Å². The molecule has 96 valence electrons. The van der Waals surface area contributed by atoms with E-state index in [0.29, 0.717) is 0 Å². The topological polar surface area (TPSA) is 35.8 Å². The van der Waals surface area contributed by atoms with E-state index in [2.05, 4.69) is 37.4 Å². The molecule has 2 unspecified atom stereocenters. The lowest BCUT2D eigenvalue weighted by molar-refractivity contribution is 0.710. The van der Waals surface area contributed by atoms with Crippen molar-refractivity contribution >= 4 is 5.69 Å². The van der Waals surface area contributed by atoms with Gasteiger partial charge in [-0.15, -0.1) is 0 Å². The van der Waals surface area contributed by atoms with Crippen molar-refractivity contribution < 1.29 is 0 Å². The lowest BCUT2D eigenvalue weighted by Crippen LogP contribution is -2.24. The minimum atomic E-state index is -0.231. The number of nitrogens with zero attached hydrogens (tertiary/aromatic N) is 1. The fourth-order valence-corrected chi connectivity index (χ4v) is 2.05. The quantitative estimate of drug-likeness (QED) is 0.886. The number of nitrogens with one attached hydrogen (secondary N) is 1. The van der Waals surface area contributed by atoms with E-state index in [1.807, 2.05) is 42.5 Å². The molecule has 0 heterocycles. The van der Waals surface area contributed by atoms with Crippen LogP contribution >= 0.6 is 0 Å². The molecule has 0 amide bonds. The Morgan fingerprint density at radius 1 is 1.00 bits per heavy atom. The average Bonchev–Trinajstić information content (AvgIpc) is 2.47. The van der Waals surface area contributed by atoms with Gasteiger partial charge in [0, 0.05) is 11.6 Å². The molecule has 2 nitrogen and oxygen atoms in total. The number of rotatable bonds is 4. The molecular weight excluding hydrogens is 232 g/mol. The van der Waals surface area contributed by atoms with E-state index in [0.717, 1.165) is 5.69 Å². The zero-order valence-corrected chi connectivity index (χ0v) is 11.3. The zero-order valence-electron chi connectivity index (χ0n) is 11.3. The highest BCUT2D eigenvalue weighted by Crippen LogP contribution is 2.22. The van der Waals surface area contributed by atoms with Crippen molar-refractivity contribution in [2.75, 3.05) is 5.32 Å². The number of aryl methyl sites for hydroxylation is 1. The lowest BCUT2D eigenvalue weighted by atomic mass is 9.94. The standard InChI is InChI=1S/C17H18N2/c1-13-8-10-16(11-9-13)19-17(12-18)14(2)15-6-4-3-5-7-15/h3-11,14,17,19H,1-2H3. The largest absolute Gasteiger partial charge is 0.369 e. The minimum Gasteiger partial charge on any atom is -0.369 e. The molecule has 0 bridgehead atoms. The van der Waals surface area contributed by atoms with Crippen molar-refractivity contribution in [3.05, 3.63) is 65.7 Å². The minimum absolute atomic E-state index is 0.146. The third kappa shape index (κ3) is 3.35. The van der Waals surface area contributed by atoms with Gasteiger partial charge in [0.15, 0.2) is 0 Å². The van der Waals surface area contributed by atoms with Crippen LogP contribution in [0.4, 0.5) is 5.69 Å². The van der Waals surface area contributed by atoms with Gasteiger partial charge in [0.25, 0.3) is 0 Å². The van der Waals surface area contributed by atoms with E-state index in [4.69, 9.17) is 0 Å². The van der Waals surface area contributed by atoms with E-state index in [-0.39, 0.29) is 12.0 Å². The molecular formula is C17H18N2. The van der Waals surface area contributed by atoms with Gasteiger partial charge in [-0.2, -0.15) is 5.26 Å². The number of benzene rings is 2. The molecule has 0 radical (unpaired) electrons. The van der Waals surface area contributed by atoms with Crippen LogP contribution in [0.15, 0.2) is 54.6 Å². The monoisotopic (exact) mass is 250 g/mol. The van der Waals surface area contributed by atoms with Crippen molar-refractivity contribution in [2.45, 2.75) is 25.8 Å². The second-order valence-corrected chi connectivity index (χ2v) is 4.82. The van der Waals surface area contributed by atoms with Gasteiger partial charge < -0.3 is 5.32 Å². The predicted molar refractivity (Wildman–Crippen MR) is 79.1 cm³/mol. The fraction of sp³-hybridized carbons (Fsp3) is 0.235. The van der Waals surface area contributed by atoms with Crippen LogP contribution in [0, 0.1) is 18.3 Å². The molecule has 2 aromatic rings. The molecule has 2 heteroatoms. The Kier molecular flexibility index (Phi) is 4.20. The van der Waals surface area contributed by atoms with Gasteiger partial charge in [-0.05, 0) is 24.6 Å². The number of hydrogen-bond donors (Lipinski definition) is 1. The molecule has 0 aromatic heterocycles. The van der Waals surface area contributed by atoms with Crippen LogP contribution in [0.1, 0.15) is 24.0 Å². The summed E-state index contributed by atoms with van der Waals surface area (Å²) in [6.07, 6.45) is 0. The number of anilines is 1. The Morgan fingerprint density at radius 3 is 2.21 bits per heavy atom. The first-order valence-corrected chi connectivity index (χ1v) is 6.48. The highest BCUT2D eigenvalue weighted by atomic mass is 14.9. The maximum Gasteiger partial charge on any atom is 0.121 e. The molecule has 0 saturated heterocycles. The van der Waals surface area contributed by atoms with Crippen LogP contribution in [0.5, 0.6) is 0 Å². The molecule has 1 N–H and O–H groups in total. The van der Waals surface area contributed by atoms with Gasteiger partial charge in [0.1, 0.15) is 6.04 Å². The fourth-order valence-electron chi connectivity index (χ4n) is 2.05. The van der Waals surface area contributed by atoms with Crippen LogP contribution in [-0.2, 0) is 0 Å². The number of hydrogen-bond acceptors (Lipinski definition) is 2. The van der Waals surface area contributed by atoms with Crippen LogP contribution in [0.2, 0.25) is 0 Å². The summed E-state index contributed by atoms with van der Waals surface area (Å²) in [7, 11) is 0. The van der Waals surface area contributed by atoms with E-state index < -0.39 is 0 Å². The smallest absolute Gasteiger partial charge is 0.121 e. The Balaban J connectivity index is 2.13. The van der Waals surface area contributed by atoms with Crippen molar-refractivity contribution in [3.63, 3.8) is 0 Å². The van der Waals surface area contributed by atoms with Gasteiger partial charge in [-0.3, -0.25) is 0 Å². The van der Waals surface area contributed by atoms with Gasteiger partial charge in [-0.25, -0.2) is 0 Å². The maximum absolute atomic E-state index is 9.36. The Hall–Kier alpha value is -2.27. The first-order chi connectivity index (χ1) is 9.20. The normalized spacial score (nSPS) is 13.3. The Morgan fingerprint density at radius 2 is 1.63 bits per heavy atom. The molecule has 2 atom stereocenters. The summed E-state index contributed by atoms with van der Waals surface area (Å²) >= 11 is 0. The van der Waals surface area contributed by atoms with Crippen molar-refractivity contribution in [1.82, 2.24) is 0 Å². The molecule has 0 saturated carbocycles. The third-order valence-electron chi connectivity index (χ3n) is 3.34. The van der Waals surface area contributed by atoms with Gasteiger partial charge in [0.2, 0.25) is 0 Å². The van der Waals surface area contributed by atoms with E-state index >= 15 is 0 Å². The maximum atomic E-state index is 9.36. The number of nitriles is 1. The second-order valence-electron chi connectivity index (χ2n) is 4.82. The van der Waals surface area contributed by atoms with Crippen LogP contribution in [0.25, 0.3) is 0 Å². The zero-order chi connectivity index (χ0) is 13.7. The molecule has 2 aromatic carbocycles. The highest BCUT2D eigenvalue weighted by Gasteiger charge is 2.17. The van der Waals surface area contributed by atoms with Gasteiger partial charge in [-0.1, -0.05) is 55.0 Å². The molecule has 0 spiro atoms. The third-order valence-corrected chi connectivity index (χ3v) is 3.34. The van der Waals surface area contributed by atoms with Crippen LogP contribution in [0.3, 0.4) is 0 Å². The average molecular weight is 250 g/mol. The highest BCUT2D eigenvalue weighted by molar-refractivity contribution is 5.47. The van der Waals surface area contributed by atoms with Gasteiger partial charge >= 0.3 is 0 Å². The summed E-state index contributed by atoms with van der Waals surface area (Å²) in [5, 5.41) is 12.7. The Bertz CT molecular complexity index is 552. The predicted octanol–water partition coefficient (Wildman–Crippen LogP) is 4.10. The summed E-state index contributed by atoms with van der Waals surface area (Å²) < 4.78 is 0. The summed E-state index contributed by atoms with van der Waals surface area (Å²) in [5.74, 6) is 0.146. The van der Waals surface area contributed by atoms with Gasteiger partial charge in [0.05, 0.1) is 6.07 Å². The first-order valence-electron chi connectivity index (χ1n) is 6.48. The molecule has 2 rings (SSSR count). The lowest BCUT2D eigenvalue weighted by Gasteiger charge is -2.20. The summed E-state index contributed by atoms with van der Waals surface area (Å²) in [4.78, 5) is 0. The molecule has 0 fully saturated rings. The van der Waals surface area contributed by atoms with Crippen molar-refractivity contribution in [1.29, 1.82) is 5.26 Å². The van der Waals surface area contributed by atoms with E-state index in [1.165, 1.54) is 11.1 Å². The SMILES string of the molecule is Cc1ccc(NC(C#N)C(C)c2ccccc2)cc1. The van der Waals surface area contributed by atoms with E-state index in [9.17, 15) is 5.26 Å². The first kappa shape index (κ1) is 13.2. The molecule has 0 aliphatic carbocycles. The second kappa shape index (κ2) is 6.06. The summed E-state index contributed by atoms with van der Waals surface area (Å²) in [6.45, 7) is 4.13. The van der Waals surface area contributed by atoms with Crippen molar-refractivity contribution in [3.8, 4) is 6.07 Å². The summed E-state index contributed by atoms with van der Waals surface area (Å²) in [6, 6.07) is 20.4. The molecule has 0 aliphatic heterocycles. The van der Waals surface area contributed by atoms with E-state index in [1.54, 1.807) is 0 Å². The van der Waals surface area contributed by atoms with Crippen LogP contribution < -0.4 is 5.32 Å². The van der Waals surface area contributed by atoms with Crippen molar-refractivity contribution in [2.24, 2.45) is 0 Å². The Labute approximate surface area is 114 Å². The summed E-state index contributed by atoms with van der Waals surface area (Å²) in [5.41, 5.74) is 3.38.